The van der Waals surface area contributed by atoms with Crippen LogP contribution in [0, 0.1) is 17.6 Å². The molecule has 21 heavy (non-hydrogen) atoms. The number of anilines is 2. The van der Waals surface area contributed by atoms with E-state index in [-0.39, 0.29) is 30.5 Å². The molecule has 0 radical (unpaired) electrons. The minimum absolute atomic E-state index is 0.00865. The zero-order valence-corrected chi connectivity index (χ0v) is 12.6. The minimum atomic E-state index is -0.781. The molecule has 0 unspecified atom stereocenters. The molecule has 0 spiro atoms. The summed E-state index contributed by atoms with van der Waals surface area (Å²) < 4.78 is 26.9. The monoisotopic (exact) mass is 300 g/mol. The van der Waals surface area contributed by atoms with Gasteiger partial charge in [0.15, 0.2) is 23.3 Å². The molecule has 0 bridgehead atoms. The third kappa shape index (κ3) is 5.93. The Morgan fingerprint density at radius 3 is 2.43 bits per heavy atom. The van der Waals surface area contributed by atoms with Crippen LogP contribution in [0.5, 0.6) is 0 Å². The molecule has 0 saturated heterocycles. The number of rotatable bonds is 8. The second-order valence-electron chi connectivity index (χ2n) is 5.05. The van der Waals surface area contributed by atoms with Gasteiger partial charge >= 0.3 is 0 Å². The highest BCUT2D eigenvalue weighted by molar-refractivity contribution is 5.76. The quantitative estimate of drug-likeness (QED) is 0.689. The number of hydrogen-bond acceptors (Lipinski definition) is 4. The lowest BCUT2D eigenvalue weighted by Crippen LogP contribution is -2.28. The molecule has 0 fully saturated rings. The van der Waals surface area contributed by atoms with E-state index in [0.29, 0.717) is 19.0 Å². The number of aromatic nitrogens is 1. The first-order chi connectivity index (χ1) is 9.93. The zero-order chi connectivity index (χ0) is 15.8. The Labute approximate surface area is 123 Å². The van der Waals surface area contributed by atoms with Crippen molar-refractivity contribution in [2.24, 2.45) is 5.92 Å². The maximum atomic E-state index is 13.6. The second-order valence-corrected chi connectivity index (χ2v) is 5.05. The summed E-state index contributed by atoms with van der Waals surface area (Å²) in [6, 6.07) is 0.770. The van der Waals surface area contributed by atoms with Crippen LogP contribution < -0.4 is 16.0 Å². The highest BCUT2D eigenvalue weighted by Gasteiger charge is 2.11. The molecule has 0 saturated carbocycles. The van der Waals surface area contributed by atoms with Crippen LogP contribution in [0.15, 0.2) is 6.07 Å². The van der Waals surface area contributed by atoms with Gasteiger partial charge in [-0.05, 0) is 12.8 Å². The van der Waals surface area contributed by atoms with Crippen molar-refractivity contribution in [2.75, 3.05) is 30.3 Å². The van der Waals surface area contributed by atoms with Crippen LogP contribution >= 0.6 is 0 Å². The minimum Gasteiger partial charge on any atom is -0.368 e. The SMILES string of the molecule is CCNc1nc(NCCC(=O)NCC(C)C)c(F)cc1F. The highest BCUT2D eigenvalue weighted by atomic mass is 19.1. The molecule has 118 valence electrons. The fraction of sp³-hybridized carbons (Fsp3) is 0.571. The molecular formula is C14H22F2N4O. The van der Waals surface area contributed by atoms with Gasteiger partial charge in [0.1, 0.15) is 0 Å². The Kier molecular flexibility index (Phi) is 6.84. The van der Waals surface area contributed by atoms with Crippen molar-refractivity contribution < 1.29 is 13.6 Å². The average Bonchev–Trinajstić information content (AvgIpc) is 2.41. The van der Waals surface area contributed by atoms with Gasteiger partial charge in [-0.15, -0.1) is 0 Å². The maximum Gasteiger partial charge on any atom is 0.221 e. The Morgan fingerprint density at radius 2 is 1.86 bits per heavy atom. The fourth-order valence-electron chi connectivity index (χ4n) is 1.58. The highest BCUT2D eigenvalue weighted by Crippen LogP contribution is 2.18. The molecule has 1 amide bonds. The van der Waals surface area contributed by atoms with Crippen molar-refractivity contribution in [1.29, 1.82) is 0 Å². The van der Waals surface area contributed by atoms with E-state index in [1.165, 1.54) is 0 Å². The summed E-state index contributed by atoms with van der Waals surface area (Å²) in [4.78, 5) is 15.3. The Balaban J connectivity index is 2.51. The van der Waals surface area contributed by atoms with E-state index in [9.17, 15) is 13.6 Å². The Bertz CT molecular complexity index is 480. The van der Waals surface area contributed by atoms with E-state index >= 15 is 0 Å². The van der Waals surface area contributed by atoms with E-state index in [4.69, 9.17) is 0 Å². The predicted octanol–water partition coefficient (Wildman–Crippen LogP) is 2.37. The van der Waals surface area contributed by atoms with Crippen LogP contribution in [-0.4, -0.2) is 30.5 Å². The second kappa shape index (κ2) is 8.39. The lowest BCUT2D eigenvalue weighted by Gasteiger charge is -2.11. The zero-order valence-electron chi connectivity index (χ0n) is 12.6. The van der Waals surface area contributed by atoms with Gasteiger partial charge in [0.25, 0.3) is 0 Å². The summed E-state index contributed by atoms with van der Waals surface area (Å²) in [6.07, 6.45) is 0.196. The number of nitrogens with zero attached hydrogens (tertiary/aromatic N) is 1. The van der Waals surface area contributed by atoms with Gasteiger partial charge in [-0.3, -0.25) is 4.79 Å². The van der Waals surface area contributed by atoms with Crippen molar-refractivity contribution in [3.63, 3.8) is 0 Å². The molecule has 3 N–H and O–H groups in total. The normalized spacial score (nSPS) is 10.6. The lowest BCUT2D eigenvalue weighted by molar-refractivity contribution is -0.120. The third-order valence-electron chi connectivity index (χ3n) is 2.63. The van der Waals surface area contributed by atoms with Gasteiger partial charge in [0, 0.05) is 32.1 Å². The van der Waals surface area contributed by atoms with Crippen molar-refractivity contribution in [2.45, 2.75) is 27.2 Å². The smallest absolute Gasteiger partial charge is 0.221 e. The first kappa shape index (κ1) is 17.1. The lowest BCUT2D eigenvalue weighted by atomic mass is 10.2. The van der Waals surface area contributed by atoms with Crippen molar-refractivity contribution in [3.8, 4) is 0 Å². The van der Waals surface area contributed by atoms with Gasteiger partial charge in [-0.25, -0.2) is 13.8 Å². The van der Waals surface area contributed by atoms with Crippen LogP contribution in [0.4, 0.5) is 20.4 Å². The van der Waals surface area contributed by atoms with Gasteiger partial charge in [-0.1, -0.05) is 13.8 Å². The van der Waals surface area contributed by atoms with Gasteiger partial charge in [0.2, 0.25) is 5.91 Å². The summed E-state index contributed by atoms with van der Waals surface area (Å²) in [5.74, 6) is -1.34. The van der Waals surface area contributed by atoms with Gasteiger partial charge in [-0.2, -0.15) is 0 Å². The molecule has 1 aromatic rings. The molecule has 5 nitrogen and oxygen atoms in total. The van der Waals surface area contributed by atoms with Gasteiger partial charge < -0.3 is 16.0 Å². The van der Waals surface area contributed by atoms with E-state index in [0.717, 1.165) is 6.07 Å². The predicted molar refractivity (Wildman–Crippen MR) is 79.3 cm³/mol. The summed E-state index contributed by atoms with van der Waals surface area (Å²) in [5, 5.41) is 8.17. The fourth-order valence-corrected chi connectivity index (χ4v) is 1.58. The molecule has 7 heteroatoms. The number of pyridine rings is 1. The first-order valence-corrected chi connectivity index (χ1v) is 7.04. The topological polar surface area (TPSA) is 66.0 Å². The molecule has 0 aromatic carbocycles. The molecule has 0 aliphatic rings. The Morgan fingerprint density at radius 1 is 1.24 bits per heavy atom. The van der Waals surface area contributed by atoms with Crippen LogP contribution in [-0.2, 0) is 4.79 Å². The molecule has 1 heterocycles. The largest absolute Gasteiger partial charge is 0.368 e. The molecule has 0 aliphatic heterocycles. The first-order valence-electron chi connectivity index (χ1n) is 7.04. The molecule has 1 rings (SSSR count). The summed E-state index contributed by atoms with van der Waals surface area (Å²) in [6.45, 7) is 7.10. The number of carbonyl (C=O) groups is 1. The van der Waals surface area contributed by atoms with E-state index in [2.05, 4.69) is 20.9 Å². The molecule has 1 aromatic heterocycles. The van der Waals surface area contributed by atoms with Crippen molar-refractivity contribution >= 4 is 17.5 Å². The number of halogens is 2. The molecule has 0 atom stereocenters. The number of nitrogens with one attached hydrogen (secondary N) is 3. The van der Waals surface area contributed by atoms with Crippen LogP contribution in [0.2, 0.25) is 0 Å². The summed E-state index contributed by atoms with van der Waals surface area (Å²) >= 11 is 0. The Hall–Kier alpha value is -1.92. The standard InChI is InChI=1S/C14H22F2N4O/c1-4-17-13-10(15)7-11(16)14(20-13)18-6-5-12(21)19-8-9(2)3/h7,9H,4-6,8H2,1-3H3,(H,19,21)(H2,17,18,20). The third-order valence-corrected chi connectivity index (χ3v) is 2.63. The summed E-state index contributed by atoms with van der Waals surface area (Å²) in [5.41, 5.74) is 0. The van der Waals surface area contributed by atoms with E-state index < -0.39 is 11.6 Å². The number of amides is 1. The van der Waals surface area contributed by atoms with E-state index in [1.807, 2.05) is 13.8 Å². The summed E-state index contributed by atoms with van der Waals surface area (Å²) in [7, 11) is 0. The molecule has 0 aliphatic carbocycles. The van der Waals surface area contributed by atoms with Crippen molar-refractivity contribution in [1.82, 2.24) is 10.3 Å². The van der Waals surface area contributed by atoms with E-state index in [1.54, 1.807) is 6.92 Å². The maximum absolute atomic E-state index is 13.6. The van der Waals surface area contributed by atoms with Crippen LogP contribution in [0.3, 0.4) is 0 Å². The number of hydrogen-bond donors (Lipinski definition) is 3. The van der Waals surface area contributed by atoms with Crippen LogP contribution in [0.1, 0.15) is 27.2 Å². The van der Waals surface area contributed by atoms with Crippen LogP contribution in [0.25, 0.3) is 0 Å². The average molecular weight is 300 g/mol. The number of carbonyl (C=O) groups excluding carboxylic acids is 1. The van der Waals surface area contributed by atoms with Crippen molar-refractivity contribution in [3.05, 3.63) is 17.7 Å². The van der Waals surface area contributed by atoms with Gasteiger partial charge in [0.05, 0.1) is 0 Å². The molecular weight excluding hydrogens is 278 g/mol.